The molecule has 11 heteroatoms. The number of aliphatic imine (C=N–C) groups is 1. The van der Waals surface area contributed by atoms with Crippen molar-refractivity contribution in [3.05, 3.63) is 30.3 Å². The summed E-state index contributed by atoms with van der Waals surface area (Å²) in [6.45, 7) is 5.07. The van der Waals surface area contributed by atoms with Crippen molar-refractivity contribution in [3.8, 4) is 0 Å². The first-order valence-electron chi connectivity index (χ1n) is 9.27. The standard InChI is InChI=1S/C18H27F3N4O2S.HI/c1-3-22-17(23-9-14-28(26,27)16-7-5-4-6-8-16)25-12-10-24(11-13-25)15(2)18(19,20)21;/h4-8,15H,3,9-14H2,1-2H3,(H,22,23);1H. The van der Waals surface area contributed by atoms with Crippen LogP contribution in [-0.2, 0) is 9.84 Å². The van der Waals surface area contributed by atoms with E-state index in [1.54, 1.807) is 30.3 Å². The third kappa shape index (κ3) is 7.59. The lowest BCUT2D eigenvalue weighted by molar-refractivity contribution is -0.181. The highest BCUT2D eigenvalue weighted by molar-refractivity contribution is 14.0. The fourth-order valence-electron chi connectivity index (χ4n) is 2.97. The number of benzene rings is 1. The molecular weight excluding hydrogens is 520 g/mol. The number of alkyl halides is 3. The topological polar surface area (TPSA) is 65.0 Å². The molecule has 1 atom stereocenters. The molecule has 1 aliphatic rings. The van der Waals surface area contributed by atoms with Gasteiger partial charge in [-0.25, -0.2) is 8.42 Å². The number of rotatable bonds is 6. The van der Waals surface area contributed by atoms with Gasteiger partial charge in [-0.3, -0.25) is 9.89 Å². The van der Waals surface area contributed by atoms with Gasteiger partial charge < -0.3 is 10.2 Å². The van der Waals surface area contributed by atoms with Crippen LogP contribution >= 0.6 is 24.0 Å². The lowest BCUT2D eigenvalue weighted by atomic mass is 10.2. The van der Waals surface area contributed by atoms with E-state index in [1.165, 1.54) is 11.8 Å². The van der Waals surface area contributed by atoms with Gasteiger partial charge in [0, 0.05) is 32.7 Å². The number of hydrogen-bond donors (Lipinski definition) is 1. The van der Waals surface area contributed by atoms with Gasteiger partial charge in [-0.05, 0) is 26.0 Å². The summed E-state index contributed by atoms with van der Waals surface area (Å²) in [7, 11) is -3.42. The summed E-state index contributed by atoms with van der Waals surface area (Å²) in [4.78, 5) is 7.91. The number of nitrogens with zero attached hydrogens (tertiary/aromatic N) is 3. The quantitative estimate of drug-likeness (QED) is 0.337. The van der Waals surface area contributed by atoms with Gasteiger partial charge in [0.1, 0.15) is 6.04 Å². The molecule has 1 heterocycles. The molecule has 0 aliphatic carbocycles. The third-order valence-electron chi connectivity index (χ3n) is 4.69. The molecule has 166 valence electrons. The first-order chi connectivity index (χ1) is 13.1. The van der Waals surface area contributed by atoms with Crippen LogP contribution in [0.1, 0.15) is 13.8 Å². The van der Waals surface area contributed by atoms with E-state index in [0.717, 1.165) is 0 Å². The maximum absolute atomic E-state index is 12.9. The van der Waals surface area contributed by atoms with Crippen molar-refractivity contribution in [2.75, 3.05) is 45.0 Å². The van der Waals surface area contributed by atoms with Crippen molar-refractivity contribution in [1.29, 1.82) is 0 Å². The molecule has 1 fully saturated rings. The van der Waals surface area contributed by atoms with Crippen molar-refractivity contribution >= 4 is 39.8 Å². The second kappa shape index (κ2) is 11.3. The van der Waals surface area contributed by atoms with E-state index in [1.807, 2.05) is 11.8 Å². The van der Waals surface area contributed by atoms with E-state index in [0.29, 0.717) is 25.6 Å². The van der Waals surface area contributed by atoms with Crippen LogP contribution in [0.15, 0.2) is 40.2 Å². The average Bonchev–Trinajstić information content (AvgIpc) is 2.67. The van der Waals surface area contributed by atoms with Gasteiger partial charge in [0.25, 0.3) is 0 Å². The summed E-state index contributed by atoms with van der Waals surface area (Å²) in [6, 6.07) is 6.70. The second-order valence-corrected chi connectivity index (χ2v) is 8.72. The van der Waals surface area contributed by atoms with E-state index in [4.69, 9.17) is 0 Å². The van der Waals surface area contributed by atoms with Crippen LogP contribution in [0.5, 0.6) is 0 Å². The first kappa shape index (κ1) is 26.0. The fourth-order valence-corrected chi connectivity index (χ4v) is 4.11. The summed E-state index contributed by atoms with van der Waals surface area (Å²) < 4.78 is 63.3. The SMILES string of the molecule is CCNC(=NCCS(=O)(=O)c1ccccc1)N1CCN(C(C)C(F)(F)F)CC1.I. The van der Waals surface area contributed by atoms with Gasteiger partial charge in [0.05, 0.1) is 17.2 Å². The maximum atomic E-state index is 12.9. The van der Waals surface area contributed by atoms with E-state index in [2.05, 4.69) is 10.3 Å². The van der Waals surface area contributed by atoms with Crippen LogP contribution in [0.3, 0.4) is 0 Å². The van der Waals surface area contributed by atoms with Crippen molar-refractivity contribution in [2.24, 2.45) is 4.99 Å². The van der Waals surface area contributed by atoms with Gasteiger partial charge in [-0.1, -0.05) is 18.2 Å². The van der Waals surface area contributed by atoms with Crippen molar-refractivity contribution in [3.63, 3.8) is 0 Å². The summed E-state index contributed by atoms with van der Waals surface area (Å²) in [6.07, 6.45) is -4.24. The minimum Gasteiger partial charge on any atom is -0.357 e. The molecule has 0 radical (unpaired) electrons. The van der Waals surface area contributed by atoms with Gasteiger partial charge in [-0.15, -0.1) is 24.0 Å². The number of nitrogens with one attached hydrogen (secondary N) is 1. The minimum absolute atomic E-state index is 0. The predicted molar refractivity (Wildman–Crippen MR) is 119 cm³/mol. The van der Waals surface area contributed by atoms with Crippen molar-refractivity contribution < 1.29 is 21.6 Å². The Morgan fingerprint density at radius 1 is 1.17 bits per heavy atom. The van der Waals surface area contributed by atoms with Crippen LogP contribution in [0.25, 0.3) is 0 Å². The molecule has 0 amide bonds. The Balaban J connectivity index is 0.00000420. The molecule has 1 aliphatic heterocycles. The molecule has 1 N–H and O–H groups in total. The molecule has 0 spiro atoms. The van der Waals surface area contributed by atoms with E-state index in [9.17, 15) is 21.6 Å². The molecule has 1 unspecified atom stereocenters. The largest absolute Gasteiger partial charge is 0.403 e. The number of guanidine groups is 1. The average molecular weight is 548 g/mol. The second-order valence-electron chi connectivity index (χ2n) is 6.61. The fraction of sp³-hybridized carbons (Fsp3) is 0.611. The highest BCUT2D eigenvalue weighted by Crippen LogP contribution is 2.25. The lowest BCUT2D eigenvalue weighted by Crippen LogP contribution is -2.56. The van der Waals surface area contributed by atoms with Crippen LogP contribution in [0, 0.1) is 0 Å². The molecule has 1 saturated heterocycles. The molecular formula is C18H28F3IN4O2S. The third-order valence-corrected chi connectivity index (χ3v) is 6.40. The smallest absolute Gasteiger partial charge is 0.357 e. The molecule has 0 aromatic heterocycles. The van der Waals surface area contributed by atoms with E-state index < -0.39 is 22.1 Å². The Morgan fingerprint density at radius 3 is 2.28 bits per heavy atom. The van der Waals surface area contributed by atoms with Gasteiger partial charge in [-0.2, -0.15) is 13.2 Å². The Labute approximate surface area is 187 Å². The molecule has 0 bridgehead atoms. The Morgan fingerprint density at radius 2 is 1.76 bits per heavy atom. The maximum Gasteiger partial charge on any atom is 0.403 e. The summed E-state index contributed by atoms with van der Waals surface area (Å²) in [5.41, 5.74) is 0. The molecule has 0 saturated carbocycles. The van der Waals surface area contributed by atoms with Crippen LogP contribution in [0.2, 0.25) is 0 Å². The summed E-state index contributed by atoms with van der Waals surface area (Å²) in [5, 5.41) is 3.09. The minimum atomic E-state index is -4.24. The van der Waals surface area contributed by atoms with Crippen molar-refractivity contribution in [2.45, 2.75) is 31.0 Å². The highest BCUT2D eigenvalue weighted by Gasteiger charge is 2.41. The number of sulfone groups is 1. The zero-order valence-corrected chi connectivity index (χ0v) is 19.7. The van der Waals surface area contributed by atoms with Gasteiger partial charge in [0.2, 0.25) is 0 Å². The molecule has 1 aromatic rings. The van der Waals surface area contributed by atoms with Gasteiger partial charge >= 0.3 is 6.18 Å². The Hall–Kier alpha value is -1.08. The predicted octanol–water partition coefficient (Wildman–Crippen LogP) is 2.61. The molecule has 2 rings (SSSR count). The number of piperazine rings is 1. The van der Waals surface area contributed by atoms with Gasteiger partial charge in [0.15, 0.2) is 15.8 Å². The first-order valence-corrected chi connectivity index (χ1v) is 10.9. The normalized spacial score (nSPS) is 17.6. The monoisotopic (exact) mass is 548 g/mol. The Bertz CT molecular complexity index is 752. The zero-order valence-electron chi connectivity index (χ0n) is 16.5. The van der Waals surface area contributed by atoms with Crippen LogP contribution in [-0.4, -0.2) is 81.4 Å². The summed E-state index contributed by atoms with van der Waals surface area (Å²) in [5.74, 6) is 0.404. The zero-order chi connectivity index (χ0) is 20.8. The highest BCUT2D eigenvalue weighted by atomic mass is 127. The van der Waals surface area contributed by atoms with Crippen molar-refractivity contribution in [1.82, 2.24) is 15.1 Å². The Kier molecular flexibility index (Phi) is 10.2. The molecule has 1 aromatic carbocycles. The van der Waals surface area contributed by atoms with Crippen LogP contribution < -0.4 is 5.32 Å². The molecule has 29 heavy (non-hydrogen) atoms. The van der Waals surface area contributed by atoms with Crippen LogP contribution in [0.4, 0.5) is 13.2 Å². The lowest BCUT2D eigenvalue weighted by Gasteiger charge is -2.39. The van der Waals surface area contributed by atoms with E-state index >= 15 is 0 Å². The number of halogens is 4. The number of hydrogen-bond acceptors (Lipinski definition) is 4. The molecule has 6 nitrogen and oxygen atoms in total. The van der Waals surface area contributed by atoms with E-state index in [-0.39, 0.29) is 54.3 Å². The summed E-state index contributed by atoms with van der Waals surface area (Å²) >= 11 is 0.